The third-order valence-corrected chi connectivity index (χ3v) is 6.40. The minimum absolute atomic E-state index is 0.0820. The van der Waals surface area contributed by atoms with Crippen molar-refractivity contribution >= 4 is 24.1 Å². The number of carboxylic acid groups (broad SMARTS) is 2. The quantitative estimate of drug-likeness (QED) is 0.471. The van der Waals surface area contributed by atoms with Crippen LogP contribution in [0.3, 0.4) is 0 Å². The van der Waals surface area contributed by atoms with E-state index in [9.17, 15) is 29.4 Å². The molecule has 2 aliphatic heterocycles. The van der Waals surface area contributed by atoms with E-state index >= 15 is 0 Å². The summed E-state index contributed by atoms with van der Waals surface area (Å²) in [6.07, 6.45) is -2.13. The van der Waals surface area contributed by atoms with Gasteiger partial charge in [0.25, 0.3) is 0 Å². The lowest BCUT2D eigenvalue weighted by Gasteiger charge is -2.23. The molecule has 0 aromatic heterocycles. The van der Waals surface area contributed by atoms with Crippen molar-refractivity contribution in [2.75, 3.05) is 20.2 Å². The Balaban J connectivity index is 0.000000216. The highest BCUT2D eigenvalue weighted by atomic mass is 16.6. The molecule has 0 bridgehead atoms. The average Bonchev–Trinajstić information content (AvgIpc) is 3.56. The van der Waals surface area contributed by atoms with Crippen molar-refractivity contribution in [2.45, 2.75) is 50.3 Å². The predicted molar refractivity (Wildman–Crippen MR) is 136 cm³/mol. The molecule has 12 nitrogen and oxygen atoms in total. The van der Waals surface area contributed by atoms with Gasteiger partial charge in [-0.3, -0.25) is 9.80 Å². The van der Waals surface area contributed by atoms with Crippen LogP contribution in [0, 0.1) is 0 Å². The first kappa shape index (κ1) is 29.4. The molecule has 12 heteroatoms. The number of carboxylic acids is 2. The Bertz CT molecular complexity index is 1110. The molecule has 4 atom stereocenters. The summed E-state index contributed by atoms with van der Waals surface area (Å²) in [5, 5.41) is 27.7. The summed E-state index contributed by atoms with van der Waals surface area (Å²) >= 11 is 0. The number of nitrogens with zero attached hydrogens (tertiary/aromatic N) is 2. The lowest BCUT2D eigenvalue weighted by Crippen LogP contribution is -2.45. The number of ether oxygens (including phenoxy) is 3. The van der Waals surface area contributed by atoms with Gasteiger partial charge in [-0.2, -0.15) is 0 Å². The second-order valence-electron chi connectivity index (χ2n) is 8.95. The Hall–Kier alpha value is -4.16. The summed E-state index contributed by atoms with van der Waals surface area (Å²) in [5.41, 5.74) is 1.68. The van der Waals surface area contributed by atoms with Crippen molar-refractivity contribution in [3.8, 4) is 0 Å². The number of likely N-dealkylation sites (tertiary alicyclic amines) is 2. The number of hydrogen-bond acceptors (Lipinski definition) is 8. The highest BCUT2D eigenvalue weighted by Crippen LogP contribution is 2.22. The van der Waals surface area contributed by atoms with E-state index in [0.717, 1.165) is 16.0 Å². The Kier molecular flexibility index (Phi) is 10.6. The van der Waals surface area contributed by atoms with Crippen LogP contribution < -0.4 is 0 Å². The maximum atomic E-state index is 12.0. The average molecular weight is 545 g/mol. The molecule has 39 heavy (non-hydrogen) atoms. The lowest BCUT2D eigenvalue weighted by molar-refractivity contribution is -0.145. The van der Waals surface area contributed by atoms with Gasteiger partial charge in [0.15, 0.2) is 12.1 Å². The van der Waals surface area contributed by atoms with Crippen LogP contribution >= 0.6 is 0 Å². The normalized spacial score (nSPS) is 22.0. The summed E-state index contributed by atoms with van der Waals surface area (Å²) in [6, 6.07) is 16.1. The second kappa shape index (κ2) is 14.1. The largest absolute Gasteiger partial charge is 0.480 e. The van der Waals surface area contributed by atoms with Crippen molar-refractivity contribution < 1.29 is 48.7 Å². The number of methoxy groups -OCH3 is 1. The molecule has 2 aromatic rings. The third-order valence-electron chi connectivity index (χ3n) is 6.40. The van der Waals surface area contributed by atoms with Crippen molar-refractivity contribution in [1.82, 2.24) is 9.80 Å². The van der Waals surface area contributed by atoms with Crippen LogP contribution in [-0.4, -0.2) is 93.7 Å². The Morgan fingerprint density at radius 3 is 1.62 bits per heavy atom. The molecular weight excluding hydrogens is 512 g/mol. The minimum atomic E-state index is -1.22. The summed E-state index contributed by atoms with van der Waals surface area (Å²) in [7, 11) is 1.44. The highest BCUT2D eigenvalue weighted by molar-refractivity contribution is 5.82. The molecule has 3 N–H and O–H groups in total. The molecular formula is C27H32N2O10. The minimum Gasteiger partial charge on any atom is -0.480 e. The van der Waals surface area contributed by atoms with Crippen LogP contribution in [0.1, 0.15) is 24.0 Å². The number of amides is 2. The van der Waals surface area contributed by atoms with Gasteiger partial charge in [0, 0.05) is 20.2 Å². The monoisotopic (exact) mass is 544 g/mol. The lowest BCUT2D eigenvalue weighted by atomic mass is 10.2. The molecule has 2 aliphatic rings. The number of aliphatic hydroxyl groups excluding tert-OH is 1. The van der Waals surface area contributed by atoms with Crippen LogP contribution in [0.5, 0.6) is 0 Å². The molecule has 0 spiro atoms. The summed E-state index contributed by atoms with van der Waals surface area (Å²) < 4.78 is 15.3. The van der Waals surface area contributed by atoms with Gasteiger partial charge in [-0.1, -0.05) is 60.7 Å². The van der Waals surface area contributed by atoms with Gasteiger partial charge >= 0.3 is 24.1 Å². The van der Waals surface area contributed by atoms with E-state index in [1.165, 1.54) is 12.0 Å². The number of aliphatic hydroxyl groups is 1. The molecule has 0 saturated carbocycles. The molecule has 2 aromatic carbocycles. The Labute approximate surface area is 225 Å². The molecule has 2 amide bonds. The molecule has 2 heterocycles. The zero-order valence-electron chi connectivity index (χ0n) is 21.4. The summed E-state index contributed by atoms with van der Waals surface area (Å²) in [6.45, 7) is 0.716. The third kappa shape index (κ3) is 7.91. The van der Waals surface area contributed by atoms with Crippen LogP contribution in [0.25, 0.3) is 0 Å². The fourth-order valence-corrected chi connectivity index (χ4v) is 4.39. The summed E-state index contributed by atoms with van der Waals surface area (Å²) in [5.74, 6) is -2.30. The van der Waals surface area contributed by atoms with E-state index in [4.69, 9.17) is 19.3 Å². The first-order valence-electron chi connectivity index (χ1n) is 12.3. The number of hydrogen-bond donors (Lipinski definition) is 3. The zero-order chi connectivity index (χ0) is 28.4. The first-order chi connectivity index (χ1) is 18.7. The molecule has 0 unspecified atom stereocenters. The van der Waals surface area contributed by atoms with E-state index in [2.05, 4.69) is 0 Å². The maximum Gasteiger partial charge on any atom is 0.410 e. The number of carbonyl (C=O) groups is 4. The number of carbonyl (C=O) groups excluding carboxylic acids is 2. The van der Waals surface area contributed by atoms with Gasteiger partial charge < -0.3 is 29.5 Å². The van der Waals surface area contributed by atoms with E-state index in [-0.39, 0.29) is 26.2 Å². The van der Waals surface area contributed by atoms with Crippen molar-refractivity contribution in [3.05, 3.63) is 71.8 Å². The van der Waals surface area contributed by atoms with Crippen molar-refractivity contribution in [3.63, 3.8) is 0 Å². The first-order valence-corrected chi connectivity index (χ1v) is 12.3. The zero-order valence-corrected chi connectivity index (χ0v) is 21.4. The molecule has 0 radical (unpaired) electrons. The van der Waals surface area contributed by atoms with E-state index in [0.29, 0.717) is 13.0 Å². The van der Waals surface area contributed by atoms with E-state index < -0.39 is 48.4 Å². The van der Waals surface area contributed by atoms with Crippen LogP contribution in [-0.2, 0) is 37.0 Å². The van der Waals surface area contributed by atoms with E-state index in [1.807, 2.05) is 48.5 Å². The Morgan fingerprint density at radius 1 is 0.744 bits per heavy atom. The number of rotatable bonds is 7. The molecule has 0 aliphatic carbocycles. The topological polar surface area (TPSA) is 163 Å². The fraction of sp³-hybridized carbons (Fsp3) is 0.407. The van der Waals surface area contributed by atoms with Gasteiger partial charge in [-0.05, 0) is 24.0 Å². The van der Waals surface area contributed by atoms with Crippen LogP contribution in [0.2, 0.25) is 0 Å². The van der Waals surface area contributed by atoms with Crippen LogP contribution in [0.15, 0.2) is 60.7 Å². The fourth-order valence-electron chi connectivity index (χ4n) is 4.39. The van der Waals surface area contributed by atoms with Crippen molar-refractivity contribution in [2.24, 2.45) is 0 Å². The molecule has 2 saturated heterocycles. The maximum absolute atomic E-state index is 12.0. The standard InChI is InChI=1S/C14H17NO5.C13H15NO5/c1-19-11-7-8-15(12(11)13(16)17)14(18)20-9-10-5-3-2-4-6-10;15-10-6-7-14(11(10)12(16)17)13(18)19-8-9-4-2-1-3-5-9/h2-6,11-12H,7-9H2,1H3,(H,16,17);1-5,10-11,15H,6-8H2,(H,16,17)/t11-,12-;10-,11-/m00/s1. The molecule has 4 rings (SSSR count). The van der Waals surface area contributed by atoms with Gasteiger partial charge in [-0.25, -0.2) is 19.2 Å². The number of benzene rings is 2. The molecule has 2 fully saturated rings. The highest BCUT2D eigenvalue weighted by Gasteiger charge is 2.43. The van der Waals surface area contributed by atoms with Gasteiger partial charge in [0.05, 0.1) is 12.2 Å². The smallest absolute Gasteiger partial charge is 0.410 e. The second-order valence-corrected chi connectivity index (χ2v) is 8.95. The van der Waals surface area contributed by atoms with Gasteiger partial charge in [0.1, 0.15) is 13.2 Å². The Morgan fingerprint density at radius 2 is 1.18 bits per heavy atom. The predicted octanol–water partition coefficient (Wildman–Crippen LogP) is 2.34. The van der Waals surface area contributed by atoms with Gasteiger partial charge in [0.2, 0.25) is 0 Å². The SMILES string of the molecule is CO[C@H]1CCN(C(=O)OCc2ccccc2)[C@@H]1C(=O)O.O=C(O)[C@@H]1[C@@H](O)CCN1C(=O)OCc1ccccc1. The van der Waals surface area contributed by atoms with Crippen LogP contribution in [0.4, 0.5) is 9.59 Å². The van der Waals surface area contributed by atoms with E-state index in [1.54, 1.807) is 12.1 Å². The van der Waals surface area contributed by atoms with Gasteiger partial charge in [-0.15, -0.1) is 0 Å². The summed E-state index contributed by atoms with van der Waals surface area (Å²) in [4.78, 5) is 48.3. The molecule has 210 valence electrons. The number of aliphatic carboxylic acids is 2. The van der Waals surface area contributed by atoms with Crippen molar-refractivity contribution in [1.29, 1.82) is 0 Å².